The van der Waals surface area contributed by atoms with E-state index in [2.05, 4.69) is 15.6 Å². The molecule has 2 aromatic rings. The molecule has 1 spiro atoms. The Morgan fingerprint density at radius 2 is 2.17 bits per heavy atom. The molecule has 3 saturated carbocycles. The topological polar surface area (TPSA) is 77.1 Å². The number of hydrogen-bond donors (Lipinski definition) is 2. The third-order valence-electron chi connectivity index (χ3n) is 6.24. The van der Waals surface area contributed by atoms with Gasteiger partial charge in [0.15, 0.2) is 5.58 Å². The van der Waals surface area contributed by atoms with E-state index in [0.29, 0.717) is 11.6 Å². The van der Waals surface area contributed by atoms with Crippen LogP contribution in [0, 0.1) is 18.8 Å². The Labute approximate surface area is 134 Å². The van der Waals surface area contributed by atoms with Crippen molar-refractivity contribution in [2.45, 2.75) is 44.2 Å². The van der Waals surface area contributed by atoms with Gasteiger partial charge < -0.3 is 15.1 Å². The van der Waals surface area contributed by atoms with Gasteiger partial charge in [-0.25, -0.2) is 4.98 Å². The fraction of sp³-hybridized carbons (Fsp3) is 0.556. The Balaban J connectivity index is 1.44. The Bertz CT molecular complexity index is 785. The van der Waals surface area contributed by atoms with Gasteiger partial charge in [-0.3, -0.25) is 4.79 Å². The first-order chi connectivity index (χ1) is 11.2. The van der Waals surface area contributed by atoms with Gasteiger partial charge in [-0.05, 0) is 56.6 Å². The van der Waals surface area contributed by atoms with Gasteiger partial charge in [-0.2, -0.15) is 0 Å². The molecule has 6 rings (SSSR count). The van der Waals surface area contributed by atoms with Gasteiger partial charge in [0.25, 0.3) is 5.91 Å². The van der Waals surface area contributed by atoms with E-state index in [1.54, 1.807) is 6.26 Å². The summed E-state index contributed by atoms with van der Waals surface area (Å²) in [6, 6.07) is 3.97. The van der Waals surface area contributed by atoms with E-state index in [-0.39, 0.29) is 17.5 Å². The van der Waals surface area contributed by atoms with Crippen LogP contribution in [0.2, 0.25) is 0 Å². The van der Waals surface area contributed by atoms with Crippen LogP contribution in [-0.4, -0.2) is 29.0 Å². The Morgan fingerprint density at radius 3 is 2.91 bits per heavy atom. The standard InChI is InChI=1S/C18H21N3O2/c1-10-15-12(6-7-23-15)8-14(20-10)17(22)21-16-11-2-4-13(5-3-11)18(16)9-19-18/h6-8,11,13,16,19H,2-5,9H2,1H3,(H,21,22)/t11?,13?,16?,18-/m0/s1. The zero-order valence-electron chi connectivity index (χ0n) is 13.3. The molecule has 5 nitrogen and oxygen atoms in total. The van der Waals surface area contributed by atoms with Crippen LogP contribution < -0.4 is 10.6 Å². The van der Waals surface area contributed by atoms with Crippen LogP contribution in [0.5, 0.6) is 0 Å². The minimum absolute atomic E-state index is 0.0539. The molecule has 1 amide bonds. The second-order valence-corrected chi connectivity index (χ2v) is 7.39. The lowest BCUT2D eigenvalue weighted by Gasteiger charge is -2.48. The molecular formula is C18H21N3O2. The summed E-state index contributed by atoms with van der Waals surface area (Å²) in [5.74, 6) is 1.28. The molecule has 2 bridgehead atoms. The van der Waals surface area contributed by atoms with Crippen LogP contribution in [0.3, 0.4) is 0 Å². The molecule has 1 aliphatic heterocycles. The van der Waals surface area contributed by atoms with Crippen LogP contribution in [0.25, 0.3) is 11.0 Å². The summed E-state index contributed by atoms with van der Waals surface area (Å²) in [5.41, 5.74) is 2.19. The average Bonchev–Trinajstić information content (AvgIpc) is 3.18. The molecule has 4 fully saturated rings. The number of pyridine rings is 1. The van der Waals surface area contributed by atoms with Crippen molar-refractivity contribution in [3.05, 3.63) is 29.8 Å². The van der Waals surface area contributed by atoms with E-state index in [1.165, 1.54) is 25.7 Å². The first-order valence-electron chi connectivity index (χ1n) is 8.58. The van der Waals surface area contributed by atoms with Gasteiger partial charge in [0.05, 0.1) is 23.5 Å². The molecule has 120 valence electrons. The predicted molar refractivity (Wildman–Crippen MR) is 86.2 cm³/mol. The van der Waals surface area contributed by atoms with Crippen LogP contribution in [0.4, 0.5) is 0 Å². The highest BCUT2D eigenvalue weighted by molar-refractivity contribution is 5.96. The molecule has 0 aromatic carbocycles. The number of aryl methyl sites for hydroxylation is 1. The van der Waals surface area contributed by atoms with Crippen LogP contribution in [0.15, 0.2) is 22.8 Å². The van der Waals surface area contributed by atoms with Crippen molar-refractivity contribution in [3.63, 3.8) is 0 Å². The molecule has 4 aliphatic rings. The highest BCUT2D eigenvalue weighted by Crippen LogP contribution is 2.51. The van der Waals surface area contributed by atoms with Gasteiger partial charge in [0, 0.05) is 11.9 Å². The Kier molecular flexibility index (Phi) is 2.69. The molecule has 5 heteroatoms. The first kappa shape index (κ1) is 13.5. The zero-order chi connectivity index (χ0) is 15.6. The summed E-state index contributed by atoms with van der Waals surface area (Å²) < 4.78 is 5.41. The second-order valence-electron chi connectivity index (χ2n) is 7.39. The third kappa shape index (κ3) is 1.89. The van der Waals surface area contributed by atoms with Crippen molar-refractivity contribution in [2.75, 3.05) is 6.54 Å². The summed E-state index contributed by atoms with van der Waals surface area (Å²) in [4.78, 5) is 17.2. The SMILES string of the molecule is Cc1nc(C(=O)NC2C3CCC(CC3)[C@@]23CN3)cc2ccoc12. The van der Waals surface area contributed by atoms with Crippen LogP contribution in [-0.2, 0) is 0 Å². The number of nitrogens with one attached hydrogen (secondary N) is 2. The summed E-state index contributed by atoms with van der Waals surface area (Å²) >= 11 is 0. The molecule has 2 aromatic heterocycles. The number of rotatable bonds is 2. The largest absolute Gasteiger partial charge is 0.462 e. The van der Waals surface area contributed by atoms with Crippen molar-refractivity contribution in [2.24, 2.45) is 11.8 Å². The van der Waals surface area contributed by atoms with Gasteiger partial charge in [0.2, 0.25) is 0 Å². The van der Waals surface area contributed by atoms with E-state index in [9.17, 15) is 4.79 Å². The second kappa shape index (κ2) is 4.57. The lowest BCUT2D eigenvalue weighted by atomic mass is 9.61. The summed E-state index contributed by atoms with van der Waals surface area (Å²) in [5, 5.41) is 7.82. The predicted octanol–water partition coefficient (Wildman–Crippen LogP) is 2.40. The molecule has 2 atom stereocenters. The maximum Gasteiger partial charge on any atom is 0.270 e. The third-order valence-corrected chi connectivity index (χ3v) is 6.24. The molecule has 2 N–H and O–H groups in total. The smallest absolute Gasteiger partial charge is 0.270 e. The minimum atomic E-state index is -0.0539. The number of carbonyl (C=O) groups is 1. The number of furan rings is 1. The lowest BCUT2D eigenvalue weighted by molar-refractivity contribution is 0.0631. The zero-order valence-corrected chi connectivity index (χ0v) is 13.3. The van der Waals surface area contributed by atoms with E-state index >= 15 is 0 Å². The molecule has 0 radical (unpaired) electrons. The number of carbonyl (C=O) groups excluding carboxylic acids is 1. The summed E-state index contributed by atoms with van der Waals surface area (Å²) in [6.07, 6.45) is 6.74. The summed E-state index contributed by atoms with van der Waals surface area (Å²) in [7, 11) is 0. The van der Waals surface area contributed by atoms with E-state index in [0.717, 1.165) is 29.1 Å². The number of fused-ring (bicyclic) bond motifs is 3. The molecule has 23 heavy (non-hydrogen) atoms. The van der Waals surface area contributed by atoms with Gasteiger partial charge >= 0.3 is 0 Å². The average molecular weight is 311 g/mol. The van der Waals surface area contributed by atoms with E-state index < -0.39 is 0 Å². The molecule has 3 aliphatic carbocycles. The number of aromatic nitrogens is 1. The minimum Gasteiger partial charge on any atom is -0.462 e. The van der Waals surface area contributed by atoms with Gasteiger partial charge in [-0.15, -0.1) is 0 Å². The normalized spacial score (nSPS) is 34.9. The molecule has 3 heterocycles. The summed E-state index contributed by atoms with van der Waals surface area (Å²) in [6.45, 7) is 2.93. The maximum absolute atomic E-state index is 12.8. The maximum atomic E-state index is 12.8. The first-order valence-corrected chi connectivity index (χ1v) is 8.58. The fourth-order valence-electron chi connectivity index (χ4n) is 4.97. The van der Waals surface area contributed by atoms with E-state index in [4.69, 9.17) is 4.42 Å². The van der Waals surface area contributed by atoms with Crippen molar-refractivity contribution >= 4 is 16.9 Å². The quantitative estimate of drug-likeness (QED) is 0.835. The lowest BCUT2D eigenvalue weighted by Crippen LogP contribution is -2.60. The number of hydrogen-bond acceptors (Lipinski definition) is 4. The highest BCUT2D eigenvalue weighted by Gasteiger charge is 2.61. The van der Waals surface area contributed by atoms with E-state index in [1.807, 2.05) is 19.1 Å². The van der Waals surface area contributed by atoms with Gasteiger partial charge in [-0.1, -0.05) is 0 Å². The number of nitrogens with zero attached hydrogens (tertiary/aromatic N) is 1. The fourth-order valence-corrected chi connectivity index (χ4v) is 4.97. The molecular weight excluding hydrogens is 290 g/mol. The van der Waals surface area contributed by atoms with Crippen molar-refractivity contribution in [1.29, 1.82) is 0 Å². The van der Waals surface area contributed by atoms with Crippen molar-refractivity contribution in [3.8, 4) is 0 Å². The van der Waals surface area contributed by atoms with Gasteiger partial charge in [0.1, 0.15) is 5.69 Å². The van der Waals surface area contributed by atoms with Crippen molar-refractivity contribution < 1.29 is 9.21 Å². The monoisotopic (exact) mass is 311 g/mol. The van der Waals surface area contributed by atoms with Crippen LogP contribution >= 0.6 is 0 Å². The molecule has 1 saturated heterocycles. The molecule has 1 unspecified atom stereocenters. The van der Waals surface area contributed by atoms with Crippen LogP contribution in [0.1, 0.15) is 41.9 Å². The highest BCUT2D eigenvalue weighted by atomic mass is 16.3. The number of amides is 1. The van der Waals surface area contributed by atoms with Crippen molar-refractivity contribution in [1.82, 2.24) is 15.6 Å². The Hall–Kier alpha value is -1.88. The Morgan fingerprint density at radius 1 is 1.39 bits per heavy atom.